The van der Waals surface area contributed by atoms with Gasteiger partial charge < -0.3 is 4.90 Å². The number of aromatic nitrogens is 3. The minimum atomic E-state index is 0.135. The smallest absolute Gasteiger partial charge is 0.254 e. The summed E-state index contributed by atoms with van der Waals surface area (Å²) < 4.78 is 1.99. The molecule has 0 N–H and O–H groups in total. The molecule has 0 aliphatic carbocycles. The molecular weight excluding hydrogens is 336 g/mol. The average Bonchev–Trinajstić information content (AvgIpc) is 3.20. The summed E-state index contributed by atoms with van der Waals surface area (Å²) in [5, 5.41) is 5.28. The SMILES string of the molecule is CCc1ccc2nc(C)cc(C(=O)N3CCC(Cn4cccn4)CC3)c2c1. The number of pyridine rings is 1. The van der Waals surface area contributed by atoms with Crippen LogP contribution in [0.1, 0.15) is 41.4 Å². The van der Waals surface area contributed by atoms with Crippen molar-refractivity contribution in [2.24, 2.45) is 5.92 Å². The third-order valence-corrected chi connectivity index (χ3v) is 5.55. The lowest BCUT2D eigenvalue weighted by molar-refractivity contribution is 0.0683. The molecule has 5 heteroatoms. The topological polar surface area (TPSA) is 51.0 Å². The lowest BCUT2D eigenvalue weighted by Gasteiger charge is -2.32. The van der Waals surface area contributed by atoms with Crippen molar-refractivity contribution in [1.82, 2.24) is 19.7 Å². The van der Waals surface area contributed by atoms with E-state index in [1.54, 1.807) is 0 Å². The van der Waals surface area contributed by atoms with Gasteiger partial charge in [0.2, 0.25) is 0 Å². The van der Waals surface area contributed by atoms with E-state index in [1.165, 1.54) is 5.56 Å². The quantitative estimate of drug-likeness (QED) is 0.708. The van der Waals surface area contributed by atoms with Gasteiger partial charge in [0.15, 0.2) is 0 Å². The molecule has 1 aromatic carbocycles. The Kier molecular flexibility index (Phi) is 4.92. The van der Waals surface area contributed by atoms with Crippen LogP contribution in [0.15, 0.2) is 42.7 Å². The van der Waals surface area contributed by atoms with Crippen molar-refractivity contribution in [3.8, 4) is 0 Å². The zero-order valence-electron chi connectivity index (χ0n) is 16.1. The van der Waals surface area contributed by atoms with Gasteiger partial charge in [0.25, 0.3) is 5.91 Å². The number of carbonyl (C=O) groups excluding carboxylic acids is 1. The maximum absolute atomic E-state index is 13.3. The number of nitrogens with zero attached hydrogens (tertiary/aromatic N) is 4. The van der Waals surface area contributed by atoms with E-state index in [9.17, 15) is 4.79 Å². The molecule has 1 saturated heterocycles. The average molecular weight is 362 g/mol. The Labute approximate surface area is 160 Å². The zero-order valence-corrected chi connectivity index (χ0v) is 16.1. The fraction of sp³-hybridized carbons (Fsp3) is 0.409. The maximum Gasteiger partial charge on any atom is 0.254 e. The molecule has 5 nitrogen and oxygen atoms in total. The minimum absolute atomic E-state index is 0.135. The number of fused-ring (bicyclic) bond motifs is 1. The summed E-state index contributed by atoms with van der Waals surface area (Å²) in [6, 6.07) is 10.2. The monoisotopic (exact) mass is 362 g/mol. The first-order chi connectivity index (χ1) is 13.1. The number of likely N-dealkylation sites (tertiary alicyclic amines) is 1. The van der Waals surface area contributed by atoms with Gasteiger partial charge in [-0.2, -0.15) is 5.10 Å². The third-order valence-electron chi connectivity index (χ3n) is 5.55. The first-order valence-electron chi connectivity index (χ1n) is 9.81. The highest BCUT2D eigenvalue weighted by molar-refractivity contribution is 6.06. The molecule has 1 aliphatic rings. The molecule has 0 bridgehead atoms. The summed E-state index contributed by atoms with van der Waals surface area (Å²) in [5.74, 6) is 0.716. The Morgan fingerprint density at radius 2 is 2.04 bits per heavy atom. The van der Waals surface area contributed by atoms with Crippen molar-refractivity contribution in [2.45, 2.75) is 39.7 Å². The number of benzene rings is 1. The Morgan fingerprint density at radius 3 is 2.74 bits per heavy atom. The summed E-state index contributed by atoms with van der Waals surface area (Å²) >= 11 is 0. The van der Waals surface area contributed by atoms with E-state index in [-0.39, 0.29) is 5.91 Å². The number of hydrogen-bond donors (Lipinski definition) is 0. The molecule has 27 heavy (non-hydrogen) atoms. The van der Waals surface area contributed by atoms with Gasteiger partial charge in [-0.1, -0.05) is 13.0 Å². The van der Waals surface area contributed by atoms with Gasteiger partial charge in [-0.25, -0.2) is 0 Å². The van der Waals surface area contributed by atoms with Crippen LogP contribution >= 0.6 is 0 Å². The third kappa shape index (κ3) is 3.72. The van der Waals surface area contributed by atoms with Gasteiger partial charge in [0.1, 0.15) is 0 Å². The van der Waals surface area contributed by atoms with Crippen molar-refractivity contribution < 1.29 is 4.79 Å². The first kappa shape index (κ1) is 17.7. The van der Waals surface area contributed by atoms with Crippen LogP contribution in [-0.4, -0.2) is 38.7 Å². The molecule has 0 unspecified atom stereocenters. The highest BCUT2D eigenvalue weighted by atomic mass is 16.2. The van der Waals surface area contributed by atoms with Crippen LogP contribution in [0.5, 0.6) is 0 Å². The molecular formula is C22H26N4O. The Balaban J connectivity index is 1.53. The van der Waals surface area contributed by atoms with Crippen LogP contribution in [0.2, 0.25) is 0 Å². The van der Waals surface area contributed by atoms with Gasteiger partial charge in [0, 0.05) is 43.1 Å². The van der Waals surface area contributed by atoms with Gasteiger partial charge in [0.05, 0.1) is 11.1 Å². The predicted molar refractivity (Wildman–Crippen MR) is 107 cm³/mol. The normalized spacial score (nSPS) is 15.4. The highest BCUT2D eigenvalue weighted by Crippen LogP contribution is 2.25. The summed E-state index contributed by atoms with van der Waals surface area (Å²) in [4.78, 5) is 19.9. The molecule has 4 rings (SSSR count). The number of piperidine rings is 1. The molecule has 140 valence electrons. The molecule has 2 aromatic heterocycles. The lowest BCUT2D eigenvalue weighted by Crippen LogP contribution is -2.39. The summed E-state index contributed by atoms with van der Waals surface area (Å²) in [6.07, 6.45) is 6.83. The molecule has 1 fully saturated rings. The molecule has 3 heterocycles. The molecule has 0 spiro atoms. The fourth-order valence-corrected chi connectivity index (χ4v) is 3.96. The first-order valence-corrected chi connectivity index (χ1v) is 9.81. The lowest BCUT2D eigenvalue weighted by atomic mass is 9.95. The van der Waals surface area contributed by atoms with Crippen molar-refractivity contribution in [2.75, 3.05) is 13.1 Å². The molecule has 0 atom stereocenters. The van der Waals surface area contributed by atoms with E-state index < -0.39 is 0 Å². The summed E-state index contributed by atoms with van der Waals surface area (Å²) in [7, 11) is 0. The number of carbonyl (C=O) groups is 1. The second-order valence-electron chi connectivity index (χ2n) is 7.48. The predicted octanol–water partition coefficient (Wildman–Crippen LogP) is 3.85. The number of amides is 1. The van der Waals surface area contributed by atoms with E-state index in [4.69, 9.17) is 0 Å². The molecule has 0 radical (unpaired) electrons. The summed E-state index contributed by atoms with van der Waals surface area (Å²) in [5.41, 5.74) is 3.83. The number of aryl methyl sites for hydroxylation is 2. The fourth-order valence-electron chi connectivity index (χ4n) is 3.96. The van der Waals surface area contributed by atoms with Crippen molar-refractivity contribution in [1.29, 1.82) is 0 Å². The molecule has 0 saturated carbocycles. The van der Waals surface area contributed by atoms with Crippen molar-refractivity contribution in [3.05, 3.63) is 59.5 Å². The molecule has 1 amide bonds. The van der Waals surface area contributed by atoms with E-state index >= 15 is 0 Å². The number of rotatable bonds is 4. The van der Waals surface area contributed by atoms with Gasteiger partial charge in [-0.05, 0) is 61.9 Å². The van der Waals surface area contributed by atoms with Gasteiger partial charge in [-0.3, -0.25) is 14.5 Å². The van der Waals surface area contributed by atoms with Crippen LogP contribution in [-0.2, 0) is 13.0 Å². The maximum atomic E-state index is 13.3. The minimum Gasteiger partial charge on any atom is -0.339 e. The van der Waals surface area contributed by atoms with E-state index in [0.717, 1.165) is 61.1 Å². The second-order valence-corrected chi connectivity index (χ2v) is 7.48. The second kappa shape index (κ2) is 7.51. The molecule has 1 aliphatic heterocycles. The van der Waals surface area contributed by atoms with Gasteiger partial charge >= 0.3 is 0 Å². The standard InChI is InChI=1S/C22H26N4O/c1-3-17-5-6-21-19(14-17)20(13-16(2)24-21)22(27)25-11-7-18(8-12-25)15-26-10-4-9-23-26/h4-6,9-10,13-14,18H,3,7-8,11-12,15H2,1-2H3. The van der Waals surface area contributed by atoms with Crippen LogP contribution in [0, 0.1) is 12.8 Å². The molecule has 3 aromatic rings. The van der Waals surface area contributed by atoms with E-state index in [0.29, 0.717) is 5.92 Å². The zero-order chi connectivity index (χ0) is 18.8. The van der Waals surface area contributed by atoms with Gasteiger partial charge in [-0.15, -0.1) is 0 Å². The Bertz CT molecular complexity index is 940. The Morgan fingerprint density at radius 1 is 1.22 bits per heavy atom. The van der Waals surface area contributed by atoms with Crippen molar-refractivity contribution >= 4 is 16.8 Å². The van der Waals surface area contributed by atoms with E-state index in [2.05, 4.69) is 29.1 Å². The highest BCUT2D eigenvalue weighted by Gasteiger charge is 2.25. The number of hydrogen-bond acceptors (Lipinski definition) is 3. The summed E-state index contributed by atoms with van der Waals surface area (Å²) in [6.45, 7) is 6.64. The van der Waals surface area contributed by atoms with E-state index in [1.807, 2.05) is 47.1 Å². The Hall–Kier alpha value is -2.69. The van der Waals surface area contributed by atoms with Crippen LogP contribution in [0.25, 0.3) is 10.9 Å². The van der Waals surface area contributed by atoms with Crippen LogP contribution < -0.4 is 0 Å². The van der Waals surface area contributed by atoms with Crippen LogP contribution in [0.4, 0.5) is 0 Å². The van der Waals surface area contributed by atoms with Crippen LogP contribution in [0.3, 0.4) is 0 Å². The largest absolute Gasteiger partial charge is 0.339 e. The van der Waals surface area contributed by atoms with Crippen molar-refractivity contribution in [3.63, 3.8) is 0 Å².